The lowest BCUT2D eigenvalue weighted by molar-refractivity contribution is -0.141. The number of carboxylic acid groups (broad SMARTS) is 2. The summed E-state index contributed by atoms with van der Waals surface area (Å²) in [4.78, 5) is 98.5. The standard InChI is InChI=1S/C47H68N4O14/c1-2-62-27-28-64-30-29-63-26-25-48-45(58)37(31-35-15-9-7-10-16-35)33-41(54)40(32-36-17-11-8-12-18-36)49-42(55)20-14-6-4-3-5-13-19-38(53)21-22-39(46(59)60)50-47(61)51-43(65-34-52)23-24-44(56)57/h7-12,15-18,34,37,39-40,43H,2-6,13-14,19-33H2,1H3,(H,48,58)(H,49,55)(H,56,57)(H,59,60)(H2,50,51,61)/t37-,39+,40+,43-/m1/s1. The van der Waals surface area contributed by atoms with Crippen LogP contribution in [0.3, 0.4) is 0 Å². The molecule has 0 spiro atoms. The number of carbonyl (C=O) groups excluding carboxylic acids is 6. The minimum Gasteiger partial charge on any atom is -0.481 e. The number of benzene rings is 2. The number of urea groups is 1. The zero-order valence-corrected chi connectivity index (χ0v) is 37.5. The molecule has 2 aromatic carbocycles. The maximum Gasteiger partial charge on any atom is 0.326 e. The van der Waals surface area contributed by atoms with Crippen LogP contribution in [0.25, 0.3) is 0 Å². The van der Waals surface area contributed by atoms with Crippen LogP contribution in [-0.2, 0) is 65.4 Å². The first-order valence-corrected chi connectivity index (χ1v) is 22.4. The van der Waals surface area contributed by atoms with Crippen molar-refractivity contribution in [2.45, 2.75) is 122 Å². The lowest BCUT2D eigenvalue weighted by Gasteiger charge is -2.22. The SMILES string of the molecule is CCOCCOCCOCCNC(=O)[C@@H](CC(=O)[C@H](Cc1ccccc1)NC(=O)CCCCCCCCC(=O)CC[C@H](NC(=O)N[C@@H](CCC(=O)O)OC=O)C(=O)O)Cc1ccccc1. The topological polar surface area (TPSA) is 262 Å². The third-order valence-electron chi connectivity index (χ3n) is 10.2. The van der Waals surface area contributed by atoms with Crippen LogP contribution in [0.1, 0.15) is 102 Å². The van der Waals surface area contributed by atoms with Crippen molar-refractivity contribution in [3.8, 4) is 0 Å². The Kier molecular flexibility index (Phi) is 29.5. The number of amides is 4. The van der Waals surface area contributed by atoms with Crippen LogP contribution in [0.4, 0.5) is 4.79 Å². The lowest BCUT2D eigenvalue weighted by Crippen LogP contribution is -2.49. The van der Waals surface area contributed by atoms with Crippen LogP contribution >= 0.6 is 0 Å². The molecule has 0 aliphatic carbocycles. The smallest absolute Gasteiger partial charge is 0.326 e. The molecule has 6 N–H and O–H groups in total. The number of aliphatic carboxylic acids is 2. The monoisotopic (exact) mass is 912 g/mol. The molecule has 18 nitrogen and oxygen atoms in total. The minimum absolute atomic E-state index is 0.0361. The van der Waals surface area contributed by atoms with Gasteiger partial charge >= 0.3 is 18.0 Å². The van der Waals surface area contributed by atoms with E-state index >= 15 is 0 Å². The summed E-state index contributed by atoms with van der Waals surface area (Å²) in [6.07, 6.45) is 3.17. The van der Waals surface area contributed by atoms with E-state index in [1.54, 1.807) is 0 Å². The van der Waals surface area contributed by atoms with Crippen LogP contribution in [-0.4, -0.2) is 123 Å². The Bertz CT molecular complexity index is 1710. The molecule has 0 bridgehead atoms. The first kappa shape index (κ1) is 55.4. The van der Waals surface area contributed by atoms with E-state index < -0.39 is 48.6 Å². The fourth-order valence-corrected chi connectivity index (χ4v) is 6.72. The van der Waals surface area contributed by atoms with E-state index in [-0.39, 0.29) is 88.0 Å². The zero-order valence-electron chi connectivity index (χ0n) is 37.5. The van der Waals surface area contributed by atoms with E-state index in [1.165, 1.54) is 0 Å². The molecule has 18 heteroatoms. The van der Waals surface area contributed by atoms with Gasteiger partial charge in [0.05, 0.1) is 45.5 Å². The summed E-state index contributed by atoms with van der Waals surface area (Å²) in [7, 11) is 0. The normalized spacial score (nSPS) is 12.8. The highest BCUT2D eigenvalue weighted by molar-refractivity contribution is 5.93. The largest absolute Gasteiger partial charge is 0.481 e. The quantitative estimate of drug-likeness (QED) is 0.0311. The van der Waals surface area contributed by atoms with Crippen molar-refractivity contribution in [1.82, 2.24) is 21.3 Å². The van der Waals surface area contributed by atoms with Crippen molar-refractivity contribution in [3.05, 3.63) is 71.8 Å². The summed E-state index contributed by atoms with van der Waals surface area (Å²) < 4.78 is 20.9. The zero-order chi connectivity index (χ0) is 47.5. The molecule has 2 aromatic rings. The maximum absolute atomic E-state index is 14.0. The number of Topliss-reactive ketones (excluding diaryl/α,β-unsaturated/α-hetero) is 2. The van der Waals surface area contributed by atoms with Gasteiger partial charge in [-0.15, -0.1) is 0 Å². The van der Waals surface area contributed by atoms with Gasteiger partial charge in [-0.05, 0) is 50.2 Å². The Morgan fingerprint density at radius 2 is 1.22 bits per heavy atom. The molecule has 0 saturated carbocycles. The number of nitrogens with one attached hydrogen (secondary N) is 4. The fraction of sp³-hybridized carbons (Fsp3) is 0.574. The summed E-state index contributed by atoms with van der Waals surface area (Å²) >= 11 is 0. The van der Waals surface area contributed by atoms with Gasteiger partial charge in [0.25, 0.3) is 6.47 Å². The minimum atomic E-state index is -1.40. The Morgan fingerprint density at radius 1 is 0.631 bits per heavy atom. The number of ketones is 2. The number of hydrogen-bond acceptors (Lipinski definition) is 12. The van der Waals surface area contributed by atoms with Crippen LogP contribution in [0.2, 0.25) is 0 Å². The maximum atomic E-state index is 14.0. The van der Waals surface area contributed by atoms with Gasteiger partial charge in [0.15, 0.2) is 12.0 Å². The lowest BCUT2D eigenvalue weighted by atomic mass is 9.89. The summed E-state index contributed by atoms with van der Waals surface area (Å²) in [5.41, 5.74) is 1.79. The van der Waals surface area contributed by atoms with E-state index in [2.05, 4.69) is 26.0 Å². The van der Waals surface area contributed by atoms with E-state index in [1.807, 2.05) is 67.6 Å². The predicted molar refractivity (Wildman–Crippen MR) is 239 cm³/mol. The molecule has 0 unspecified atom stereocenters. The van der Waals surface area contributed by atoms with Crippen molar-refractivity contribution in [1.29, 1.82) is 0 Å². The molecule has 360 valence electrons. The van der Waals surface area contributed by atoms with Crippen LogP contribution in [0, 0.1) is 5.92 Å². The highest BCUT2D eigenvalue weighted by atomic mass is 16.5. The predicted octanol–water partition coefficient (Wildman–Crippen LogP) is 4.30. The van der Waals surface area contributed by atoms with Gasteiger partial charge < -0.3 is 50.4 Å². The van der Waals surface area contributed by atoms with Gasteiger partial charge in [-0.25, -0.2) is 9.59 Å². The van der Waals surface area contributed by atoms with Gasteiger partial charge in [0.1, 0.15) is 11.8 Å². The molecule has 0 heterocycles. The summed E-state index contributed by atoms with van der Waals surface area (Å²) in [6, 6.07) is 15.6. The van der Waals surface area contributed by atoms with Gasteiger partial charge in [0, 0.05) is 51.2 Å². The first-order chi connectivity index (χ1) is 31.4. The fourth-order valence-electron chi connectivity index (χ4n) is 6.72. The molecule has 4 amide bonds. The van der Waals surface area contributed by atoms with Crippen LogP contribution < -0.4 is 21.3 Å². The van der Waals surface area contributed by atoms with Gasteiger partial charge in [-0.3, -0.25) is 28.8 Å². The number of hydrogen-bond donors (Lipinski definition) is 6. The highest BCUT2D eigenvalue weighted by Crippen LogP contribution is 2.17. The van der Waals surface area contributed by atoms with Gasteiger partial charge in [0.2, 0.25) is 11.8 Å². The molecular formula is C47H68N4O14. The number of rotatable bonds is 39. The van der Waals surface area contributed by atoms with Gasteiger partial charge in [-0.2, -0.15) is 0 Å². The average molecular weight is 913 g/mol. The molecular weight excluding hydrogens is 845 g/mol. The Morgan fingerprint density at radius 3 is 1.82 bits per heavy atom. The number of carbonyl (C=O) groups is 8. The van der Waals surface area contributed by atoms with Crippen LogP contribution in [0.15, 0.2) is 60.7 Å². The molecule has 65 heavy (non-hydrogen) atoms. The van der Waals surface area contributed by atoms with Crippen molar-refractivity contribution in [3.63, 3.8) is 0 Å². The summed E-state index contributed by atoms with van der Waals surface area (Å²) in [6.45, 7) is 4.90. The Balaban J connectivity index is 1.80. The van der Waals surface area contributed by atoms with Crippen molar-refractivity contribution in [2.75, 3.05) is 46.2 Å². The van der Waals surface area contributed by atoms with E-state index in [0.29, 0.717) is 52.3 Å². The second-order valence-corrected chi connectivity index (χ2v) is 15.4. The number of carboxylic acids is 2. The molecule has 2 rings (SSSR count). The van der Waals surface area contributed by atoms with Crippen LogP contribution in [0.5, 0.6) is 0 Å². The molecule has 0 radical (unpaired) electrons. The van der Waals surface area contributed by atoms with Gasteiger partial charge in [-0.1, -0.05) is 86.3 Å². The molecule has 0 fully saturated rings. The van der Waals surface area contributed by atoms with Crippen molar-refractivity contribution < 1.29 is 67.5 Å². The molecule has 0 aliphatic heterocycles. The van der Waals surface area contributed by atoms with E-state index in [4.69, 9.17) is 19.3 Å². The highest BCUT2D eigenvalue weighted by Gasteiger charge is 2.28. The molecule has 0 aromatic heterocycles. The van der Waals surface area contributed by atoms with Crippen molar-refractivity contribution >= 4 is 47.8 Å². The molecule has 4 atom stereocenters. The second-order valence-electron chi connectivity index (χ2n) is 15.4. The Labute approximate surface area is 381 Å². The van der Waals surface area contributed by atoms with E-state index in [9.17, 15) is 43.5 Å². The summed E-state index contributed by atoms with van der Waals surface area (Å²) in [5.74, 6) is -4.14. The first-order valence-electron chi connectivity index (χ1n) is 22.4. The van der Waals surface area contributed by atoms with E-state index in [0.717, 1.165) is 36.8 Å². The Hall–Kier alpha value is -5.72. The average Bonchev–Trinajstić information content (AvgIpc) is 3.28. The molecule has 0 aliphatic rings. The van der Waals surface area contributed by atoms with Crippen molar-refractivity contribution in [2.24, 2.45) is 5.92 Å². The third kappa shape index (κ3) is 27.3. The molecule has 0 saturated heterocycles. The summed E-state index contributed by atoms with van der Waals surface area (Å²) in [5, 5.41) is 28.6. The second kappa shape index (κ2) is 34.7. The number of unbranched alkanes of at least 4 members (excludes halogenated alkanes) is 5. The number of ether oxygens (including phenoxy) is 4. The third-order valence-corrected chi connectivity index (χ3v) is 10.2.